The van der Waals surface area contributed by atoms with Crippen molar-refractivity contribution >= 4 is 17.3 Å². The van der Waals surface area contributed by atoms with Crippen LogP contribution in [0.25, 0.3) is 10.4 Å². The predicted molar refractivity (Wildman–Crippen MR) is 112 cm³/mol. The van der Waals surface area contributed by atoms with Gasteiger partial charge < -0.3 is 9.84 Å². The molecule has 1 aliphatic heterocycles. The Morgan fingerprint density at radius 1 is 1.35 bits per heavy atom. The number of alkyl halides is 3. The van der Waals surface area contributed by atoms with Crippen molar-refractivity contribution in [1.29, 1.82) is 0 Å². The molecule has 9 heteroatoms. The van der Waals surface area contributed by atoms with Gasteiger partial charge in [-0.3, -0.25) is 5.84 Å². The van der Waals surface area contributed by atoms with Crippen molar-refractivity contribution in [3.63, 3.8) is 0 Å². The largest absolute Gasteiger partial charge is 0.488 e. The van der Waals surface area contributed by atoms with Crippen molar-refractivity contribution in [3.05, 3.63) is 39.8 Å². The number of benzene rings is 1. The summed E-state index contributed by atoms with van der Waals surface area (Å²) in [7, 11) is 0. The summed E-state index contributed by atoms with van der Waals surface area (Å²) in [6, 6.07) is 3.29. The first-order valence-corrected chi connectivity index (χ1v) is 11.0. The van der Waals surface area contributed by atoms with Crippen LogP contribution in [0, 0.1) is 5.41 Å². The highest BCUT2D eigenvalue weighted by Gasteiger charge is 2.36. The van der Waals surface area contributed by atoms with Gasteiger partial charge in [-0.05, 0) is 54.9 Å². The maximum absolute atomic E-state index is 13.5. The van der Waals surface area contributed by atoms with E-state index < -0.39 is 17.7 Å². The fourth-order valence-corrected chi connectivity index (χ4v) is 5.68. The van der Waals surface area contributed by atoms with Gasteiger partial charge in [-0.1, -0.05) is 13.8 Å². The minimum absolute atomic E-state index is 0.0584. The third-order valence-electron chi connectivity index (χ3n) is 6.01. The van der Waals surface area contributed by atoms with E-state index >= 15 is 0 Å². The van der Waals surface area contributed by atoms with Gasteiger partial charge >= 0.3 is 12.1 Å². The Labute approximate surface area is 182 Å². The number of ether oxygens (including phenoxy) is 1. The summed E-state index contributed by atoms with van der Waals surface area (Å²) in [4.78, 5) is 13.5. The Morgan fingerprint density at radius 2 is 2.10 bits per heavy atom. The average Bonchev–Trinajstić information content (AvgIpc) is 3.23. The summed E-state index contributed by atoms with van der Waals surface area (Å²) in [5, 5.41) is 11.6. The Bertz CT molecular complexity index is 1020. The van der Waals surface area contributed by atoms with E-state index in [1.807, 2.05) is 0 Å². The maximum atomic E-state index is 13.5. The molecule has 0 spiro atoms. The van der Waals surface area contributed by atoms with Crippen molar-refractivity contribution in [2.24, 2.45) is 11.3 Å². The Balaban J connectivity index is 1.86. The van der Waals surface area contributed by atoms with E-state index in [4.69, 9.17) is 10.6 Å². The van der Waals surface area contributed by atoms with Crippen molar-refractivity contribution in [2.75, 3.05) is 13.1 Å². The predicted octanol–water partition coefficient (Wildman–Crippen LogP) is 4.97. The number of carboxylic acid groups (broad SMARTS) is 1. The molecule has 0 unspecified atom stereocenters. The van der Waals surface area contributed by atoms with Crippen LogP contribution >= 0.6 is 11.3 Å². The van der Waals surface area contributed by atoms with E-state index in [1.165, 1.54) is 17.4 Å². The monoisotopic (exact) mass is 454 g/mol. The highest BCUT2D eigenvalue weighted by atomic mass is 32.1. The summed E-state index contributed by atoms with van der Waals surface area (Å²) in [6.45, 7) is 5.25. The number of fused-ring (bicyclic) bond motifs is 1. The van der Waals surface area contributed by atoms with Crippen molar-refractivity contribution in [3.8, 4) is 16.2 Å². The van der Waals surface area contributed by atoms with Gasteiger partial charge in [-0.25, -0.2) is 9.80 Å². The molecule has 1 aromatic heterocycles. The van der Waals surface area contributed by atoms with Crippen LogP contribution in [0.3, 0.4) is 0 Å². The van der Waals surface area contributed by atoms with Crippen LogP contribution in [0.5, 0.6) is 5.75 Å². The number of nitrogens with two attached hydrogens (primary N) is 1. The lowest BCUT2D eigenvalue weighted by Gasteiger charge is -2.29. The third kappa shape index (κ3) is 4.44. The Hall–Kier alpha value is -2.10. The molecule has 0 amide bonds. The standard InChI is InChI=1S/C22H25F3N2O3S/c1-21(2)7-5-17-15(10-21)18(20(28)29)19(31-17)14-9-12(22(23,24)25)3-4-16(14)30-13-6-8-27(26)11-13/h3-4,9,13H,5-8,10-11,26H2,1-2H3,(H,28,29)/t13-/m0/s1. The number of hydrogen-bond acceptors (Lipinski definition) is 5. The normalized spacial score (nSPS) is 21.2. The summed E-state index contributed by atoms with van der Waals surface area (Å²) in [5.74, 6) is 4.93. The van der Waals surface area contributed by atoms with Gasteiger partial charge in [0.1, 0.15) is 11.9 Å². The fourth-order valence-electron chi connectivity index (χ4n) is 4.35. The number of carboxylic acids is 1. The van der Waals surface area contributed by atoms with Gasteiger partial charge in [0.15, 0.2) is 0 Å². The lowest BCUT2D eigenvalue weighted by molar-refractivity contribution is -0.137. The van der Waals surface area contributed by atoms with Crippen molar-refractivity contribution in [2.45, 2.75) is 51.8 Å². The molecule has 0 bridgehead atoms. The molecule has 1 aliphatic carbocycles. The van der Waals surface area contributed by atoms with Crippen LogP contribution in [-0.2, 0) is 19.0 Å². The zero-order valence-electron chi connectivity index (χ0n) is 17.4. The second kappa shape index (κ2) is 7.79. The molecule has 0 radical (unpaired) electrons. The fraction of sp³-hybridized carbons (Fsp3) is 0.500. The van der Waals surface area contributed by atoms with Crippen LogP contribution in [0.15, 0.2) is 18.2 Å². The summed E-state index contributed by atoms with van der Waals surface area (Å²) < 4.78 is 46.5. The topological polar surface area (TPSA) is 75.8 Å². The number of aryl methyl sites for hydroxylation is 1. The molecule has 31 heavy (non-hydrogen) atoms. The second-order valence-electron chi connectivity index (χ2n) is 9.09. The first-order chi connectivity index (χ1) is 14.4. The number of rotatable bonds is 4. The van der Waals surface area contributed by atoms with Crippen LogP contribution < -0.4 is 10.6 Å². The van der Waals surface area contributed by atoms with Crippen LogP contribution in [-0.4, -0.2) is 35.3 Å². The number of nitrogens with zero attached hydrogens (tertiary/aromatic N) is 1. The molecule has 168 valence electrons. The first kappa shape index (κ1) is 22.1. The van der Waals surface area contributed by atoms with Gasteiger partial charge in [0, 0.05) is 23.5 Å². The van der Waals surface area contributed by atoms with E-state index in [1.54, 1.807) is 5.01 Å². The number of aromatic carboxylic acids is 1. The van der Waals surface area contributed by atoms with Crippen molar-refractivity contribution in [1.82, 2.24) is 5.01 Å². The molecule has 1 atom stereocenters. The number of hydrazine groups is 1. The highest BCUT2D eigenvalue weighted by Crippen LogP contribution is 2.48. The lowest BCUT2D eigenvalue weighted by atomic mass is 9.76. The van der Waals surface area contributed by atoms with Crippen LogP contribution in [0.1, 0.15) is 53.1 Å². The number of thiophene rings is 1. The molecule has 2 aromatic rings. The molecule has 1 aromatic carbocycles. The molecule has 2 heterocycles. The number of hydrogen-bond donors (Lipinski definition) is 2. The molecule has 4 rings (SSSR count). The van der Waals surface area contributed by atoms with E-state index in [0.29, 0.717) is 37.2 Å². The van der Waals surface area contributed by atoms with E-state index in [9.17, 15) is 23.1 Å². The quantitative estimate of drug-likeness (QED) is 0.638. The molecule has 1 saturated heterocycles. The molecule has 3 N–H and O–H groups in total. The minimum atomic E-state index is -4.54. The number of halogens is 3. The van der Waals surface area contributed by atoms with Crippen LogP contribution in [0.4, 0.5) is 13.2 Å². The van der Waals surface area contributed by atoms with Gasteiger partial charge in [-0.2, -0.15) is 13.2 Å². The SMILES string of the molecule is CC1(C)CCc2sc(-c3cc(C(F)(F)F)ccc3O[C@H]3CCN(N)C3)c(C(=O)O)c2C1. The third-order valence-corrected chi connectivity index (χ3v) is 7.34. The van der Waals surface area contributed by atoms with E-state index in [-0.39, 0.29) is 28.4 Å². The molecule has 1 fully saturated rings. The second-order valence-corrected chi connectivity index (χ2v) is 10.2. The molecular weight excluding hydrogens is 429 g/mol. The maximum Gasteiger partial charge on any atom is 0.416 e. The van der Waals surface area contributed by atoms with Gasteiger partial charge in [0.2, 0.25) is 0 Å². The summed E-state index contributed by atoms with van der Waals surface area (Å²) in [5.41, 5.74) is 0.131. The highest BCUT2D eigenvalue weighted by molar-refractivity contribution is 7.16. The first-order valence-electron chi connectivity index (χ1n) is 10.2. The van der Waals surface area contributed by atoms with Crippen molar-refractivity contribution < 1.29 is 27.8 Å². The summed E-state index contributed by atoms with van der Waals surface area (Å²) >= 11 is 1.27. The molecule has 0 saturated carbocycles. The van der Waals surface area contributed by atoms with E-state index in [0.717, 1.165) is 29.0 Å². The van der Waals surface area contributed by atoms with Gasteiger partial charge in [0.25, 0.3) is 0 Å². The molecular formula is C22H25F3N2O3S. The Morgan fingerprint density at radius 3 is 2.71 bits per heavy atom. The Kier molecular flexibility index (Phi) is 5.56. The lowest BCUT2D eigenvalue weighted by Crippen LogP contribution is -2.30. The zero-order valence-corrected chi connectivity index (χ0v) is 18.2. The smallest absolute Gasteiger partial charge is 0.416 e. The van der Waals surface area contributed by atoms with Gasteiger partial charge in [0.05, 0.1) is 16.0 Å². The van der Waals surface area contributed by atoms with Gasteiger partial charge in [-0.15, -0.1) is 11.3 Å². The van der Waals surface area contributed by atoms with Crippen LogP contribution in [0.2, 0.25) is 0 Å². The zero-order chi connectivity index (χ0) is 22.6. The van der Waals surface area contributed by atoms with E-state index in [2.05, 4.69) is 13.8 Å². The number of carbonyl (C=O) groups is 1. The molecule has 5 nitrogen and oxygen atoms in total. The average molecular weight is 455 g/mol. The summed E-state index contributed by atoms with van der Waals surface area (Å²) in [6.07, 6.45) is -1.95. The minimum Gasteiger partial charge on any atom is -0.488 e. The molecule has 2 aliphatic rings.